The first-order valence-corrected chi connectivity index (χ1v) is 11.7. The predicted molar refractivity (Wildman–Crippen MR) is 131 cm³/mol. The average Bonchev–Trinajstić information content (AvgIpc) is 2.85. The van der Waals surface area contributed by atoms with Crippen molar-refractivity contribution >= 4 is 5.91 Å². The van der Waals surface area contributed by atoms with Gasteiger partial charge in [-0.3, -0.25) is 9.69 Å². The fraction of sp³-hybridized carbons (Fsp3) is 0.321. The highest BCUT2D eigenvalue weighted by Gasteiger charge is 2.21. The van der Waals surface area contributed by atoms with E-state index in [1.165, 1.54) is 18.7 Å². The number of likely N-dealkylation sites (tertiary alicyclic amines) is 1. The van der Waals surface area contributed by atoms with Crippen LogP contribution in [0, 0.1) is 5.82 Å². The Morgan fingerprint density at radius 1 is 0.971 bits per heavy atom. The van der Waals surface area contributed by atoms with E-state index in [0.717, 1.165) is 49.2 Å². The lowest BCUT2D eigenvalue weighted by Crippen LogP contribution is -2.45. The quantitative estimate of drug-likeness (QED) is 0.506. The zero-order valence-electron chi connectivity index (χ0n) is 19.5. The lowest BCUT2D eigenvalue weighted by molar-refractivity contribution is -0.124. The van der Waals surface area contributed by atoms with Crippen molar-refractivity contribution in [3.63, 3.8) is 0 Å². The molecule has 1 heterocycles. The molecule has 1 fully saturated rings. The Bertz CT molecular complexity index is 1080. The monoisotopic (exact) mass is 462 g/mol. The lowest BCUT2D eigenvalue weighted by atomic mass is 10.0. The number of nitrogens with one attached hydrogen (secondary N) is 1. The van der Waals surface area contributed by atoms with E-state index in [-0.39, 0.29) is 30.1 Å². The topological polar surface area (TPSA) is 50.8 Å². The Morgan fingerprint density at radius 3 is 2.44 bits per heavy atom. The Kier molecular flexibility index (Phi) is 8.15. The van der Waals surface area contributed by atoms with Crippen LogP contribution < -0.4 is 14.8 Å². The van der Waals surface area contributed by atoms with Gasteiger partial charge in [-0.05, 0) is 47.7 Å². The number of rotatable bonds is 9. The number of nitrogens with zero attached hydrogens (tertiary/aromatic N) is 1. The van der Waals surface area contributed by atoms with Crippen molar-refractivity contribution in [2.24, 2.45) is 0 Å². The number of hydrogen-bond acceptors (Lipinski definition) is 4. The lowest BCUT2D eigenvalue weighted by Gasteiger charge is -2.32. The summed E-state index contributed by atoms with van der Waals surface area (Å²) in [6.07, 6.45) is 2.47. The maximum Gasteiger partial charge on any atom is 0.258 e. The second-order valence-corrected chi connectivity index (χ2v) is 8.65. The van der Waals surface area contributed by atoms with Gasteiger partial charge in [-0.15, -0.1) is 0 Å². The van der Waals surface area contributed by atoms with Crippen LogP contribution in [0.2, 0.25) is 0 Å². The van der Waals surface area contributed by atoms with Gasteiger partial charge in [0, 0.05) is 32.1 Å². The third kappa shape index (κ3) is 6.58. The molecular weight excluding hydrogens is 431 g/mol. The van der Waals surface area contributed by atoms with E-state index in [1.54, 1.807) is 6.07 Å². The third-order valence-electron chi connectivity index (χ3n) is 6.14. The molecule has 0 bridgehead atoms. The molecule has 0 unspecified atom stereocenters. The van der Waals surface area contributed by atoms with Crippen molar-refractivity contribution < 1.29 is 18.7 Å². The van der Waals surface area contributed by atoms with Crippen molar-refractivity contribution in [2.75, 3.05) is 26.8 Å². The first-order valence-electron chi connectivity index (χ1n) is 11.7. The molecule has 34 heavy (non-hydrogen) atoms. The van der Waals surface area contributed by atoms with E-state index >= 15 is 0 Å². The summed E-state index contributed by atoms with van der Waals surface area (Å²) < 4.78 is 24.8. The Balaban J connectivity index is 1.22. The van der Waals surface area contributed by atoms with E-state index in [4.69, 9.17) is 9.47 Å². The molecule has 178 valence electrons. The normalized spacial score (nSPS) is 14.5. The summed E-state index contributed by atoms with van der Waals surface area (Å²) in [6.45, 7) is 2.37. The van der Waals surface area contributed by atoms with E-state index in [1.807, 2.05) is 48.5 Å². The first kappa shape index (κ1) is 23.8. The standard InChI is InChI=1S/C28H31FN2O3/c1-33-27-12-11-22(18-25(27)29)19-31-15-13-24(14-16-31)30-28(32)20-34-26-10-6-5-9-23(26)17-21-7-3-2-4-8-21/h2-12,18,24H,13-17,19-20H2,1H3,(H,30,32). The number of carbonyl (C=O) groups is 1. The molecule has 3 aromatic rings. The van der Waals surface area contributed by atoms with E-state index in [2.05, 4.69) is 22.3 Å². The molecule has 5 nitrogen and oxygen atoms in total. The zero-order chi connectivity index (χ0) is 23.8. The zero-order valence-corrected chi connectivity index (χ0v) is 19.5. The number of amides is 1. The minimum absolute atomic E-state index is 0.00283. The maximum absolute atomic E-state index is 13.9. The third-order valence-corrected chi connectivity index (χ3v) is 6.14. The molecule has 0 aromatic heterocycles. The van der Waals surface area contributed by atoms with Crippen LogP contribution in [0.4, 0.5) is 4.39 Å². The van der Waals surface area contributed by atoms with Gasteiger partial charge < -0.3 is 14.8 Å². The molecule has 1 amide bonds. The van der Waals surface area contributed by atoms with Gasteiger partial charge in [0.15, 0.2) is 18.2 Å². The van der Waals surface area contributed by atoms with Crippen molar-refractivity contribution in [1.29, 1.82) is 0 Å². The summed E-state index contributed by atoms with van der Waals surface area (Å²) in [5.41, 5.74) is 3.18. The first-order chi connectivity index (χ1) is 16.6. The summed E-state index contributed by atoms with van der Waals surface area (Å²) in [7, 11) is 1.46. The number of benzene rings is 3. The van der Waals surface area contributed by atoms with Crippen molar-refractivity contribution in [1.82, 2.24) is 10.2 Å². The minimum atomic E-state index is -0.340. The molecule has 3 aromatic carbocycles. The summed E-state index contributed by atoms with van der Waals surface area (Å²) in [4.78, 5) is 14.8. The predicted octanol–water partition coefficient (Wildman–Crippen LogP) is 4.58. The van der Waals surface area contributed by atoms with Crippen LogP contribution in [0.15, 0.2) is 72.8 Å². The van der Waals surface area contributed by atoms with Crippen LogP contribution >= 0.6 is 0 Å². The minimum Gasteiger partial charge on any atom is -0.494 e. The summed E-state index contributed by atoms with van der Waals surface area (Å²) in [5.74, 6) is 0.552. The summed E-state index contributed by atoms with van der Waals surface area (Å²) in [6, 6.07) is 23.3. The number of halogens is 1. The Morgan fingerprint density at radius 2 is 1.71 bits per heavy atom. The van der Waals surface area contributed by atoms with E-state index in [9.17, 15) is 9.18 Å². The Labute approximate surface area is 200 Å². The number of ether oxygens (including phenoxy) is 2. The maximum atomic E-state index is 13.9. The van der Waals surface area contributed by atoms with Gasteiger partial charge in [0.25, 0.3) is 5.91 Å². The van der Waals surface area contributed by atoms with Crippen LogP contribution in [0.25, 0.3) is 0 Å². The van der Waals surface area contributed by atoms with Gasteiger partial charge >= 0.3 is 0 Å². The molecule has 0 spiro atoms. The van der Waals surface area contributed by atoms with E-state index in [0.29, 0.717) is 6.54 Å². The number of piperidine rings is 1. The molecule has 0 atom stereocenters. The SMILES string of the molecule is COc1ccc(CN2CCC(NC(=O)COc3ccccc3Cc3ccccc3)CC2)cc1F. The molecule has 0 aliphatic carbocycles. The summed E-state index contributed by atoms with van der Waals surface area (Å²) >= 11 is 0. The van der Waals surface area contributed by atoms with Crippen LogP contribution in [-0.2, 0) is 17.8 Å². The van der Waals surface area contributed by atoms with Gasteiger partial charge in [0.05, 0.1) is 7.11 Å². The molecule has 0 saturated carbocycles. The van der Waals surface area contributed by atoms with Crippen molar-refractivity contribution in [3.05, 3.63) is 95.3 Å². The fourth-order valence-electron chi connectivity index (χ4n) is 4.32. The highest BCUT2D eigenvalue weighted by Crippen LogP contribution is 2.22. The molecule has 6 heteroatoms. The molecule has 1 aliphatic rings. The second-order valence-electron chi connectivity index (χ2n) is 8.65. The number of carbonyl (C=O) groups excluding carboxylic acids is 1. The fourth-order valence-corrected chi connectivity index (χ4v) is 4.32. The van der Waals surface area contributed by atoms with Crippen LogP contribution in [0.3, 0.4) is 0 Å². The molecule has 0 radical (unpaired) electrons. The molecule has 1 saturated heterocycles. The van der Waals surface area contributed by atoms with Crippen LogP contribution in [0.1, 0.15) is 29.5 Å². The van der Waals surface area contributed by atoms with Crippen molar-refractivity contribution in [2.45, 2.75) is 31.8 Å². The van der Waals surface area contributed by atoms with Crippen molar-refractivity contribution in [3.8, 4) is 11.5 Å². The summed E-state index contributed by atoms with van der Waals surface area (Å²) in [5, 5.41) is 3.10. The van der Waals surface area contributed by atoms with Crippen LogP contribution in [0.5, 0.6) is 11.5 Å². The number of hydrogen-bond donors (Lipinski definition) is 1. The molecule has 1 N–H and O–H groups in total. The second kappa shape index (κ2) is 11.7. The van der Waals surface area contributed by atoms with Gasteiger partial charge in [-0.2, -0.15) is 0 Å². The van der Waals surface area contributed by atoms with E-state index < -0.39 is 0 Å². The largest absolute Gasteiger partial charge is 0.494 e. The molecule has 4 rings (SSSR count). The van der Waals surface area contributed by atoms with Crippen LogP contribution in [-0.4, -0.2) is 43.7 Å². The van der Waals surface area contributed by atoms with Gasteiger partial charge in [0.2, 0.25) is 0 Å². The smallest absolute Gasteiger partial charge is 0.258 e. The average molecular weight is 463 g/mol. The highest BCUT2D eigenvalue weighted by molar-refractivity contribution is 5.77. The van der Waals surface area contributed by atoms with Gasteiger partial charge in [0.1, 0.15) is 5.75 Å². The molecule has 1 aliphatic heterocycles. The highest BCUT2D eigenvalue weighted by atomic mass is 19.1. The van der Waals surface area contributed by atoms with Gasteiger partial charge in [-0.25, -0.2) is 4.39 Å². The Hall–Kier alpha value is -3.38. The number of methoxy groups -OCH3 is 1. The van der Waals surface area contributed by atoms with Gasteiger partial charge in [-0.1, -0.05) is 54.6 Å². The molecular formula is C28H31FN2O3. The number of para-hydroxylation sites is 1.